The van der Waals surface area contributed by atoms with Crippen LogP contribution in [-0.4, -0.2) is 28.0 Å². The maximum atomic E-state index is 12.8. The molecule has 3 aromatic rings. The second-order valence-corrected chi connectivity index (χ2v) is 7.46. The Labute approximate surface area is 163 Å². The lowest BCUT2D eigenvalue weighted by Crippen LogP contribution is -2.25. The summed E-state index contributed by atoms with van der Waals surface area (Å²) in [5.74, 6) is -0.703. The molecule has 6 nitrogen and oxygen atoms in total. The number of aromatic nitrogens is 2. The van der Waals surface area contributed by atoms with Gasteiger partial charge in [-0.3, -0.25) is 4.79 Å². The molecule has 0 saturated heterocycles. The molecule has 2 heterocycles. The van der Waals surface area contributed by atoms with E-state index in [2.05, 4.69) is 10.1 Å². The van der Waals surface area contributed by atoms with Gasteiger partial charge in [-0.25, -0.2) is 9.78 Å². The van der Waals surface area contributed by atoms with Crippen molar-refractivity contribution in [2.24, 2.45) is 0 Å². The average Bonchev–Trinajstić information content (AvgIpc) is 3.07. The van der Waals surface area contributed by atoms with Gasteiger partial charge >= 0.3 is 5.97 Å². The number of hydrogen-bond donors (Lipinski definition) is 0. The van der Waals surface area contributed by atoms with E-state index in [4.69, 9.17) is 9.26 Å². The summed E-state index contributed by atoms with van der Waals surface area (Å²) in [7, 11) is 0. The van der Waals surface area contributed by atoms with E-state index < -0.39 is 12.1 Å². The number of esters is 1. The lowest BCUT2D eigenvalue weighted by molar-refractivity contribution is 0.0318. The lowest BCUT2D eigenvalue weighted by atomic mass is 9.96. The Morgan fingerprint density at radius 2 is 1.68 bits per heavy atom. The standard InChI is InChI=1S/C22H24N2O4/c1-11(2)19-18-9-16(10-23-21(18)28-24-19)22(26)27-15(6)20(25)17-8-13(4)12(3)7-14(17)5/h7-11,15H,1-6H3. The van der Waals surface area contributed by atoms with Gasteiger partial charge in [0.15, 0.2) is 6.10 Å². The molecule has 0 N–H and O–H groups in total. The van der Waals surface area contributed by atoms with E-state index in [1.807, 2.05) is 46.8 Å². The fraction of sp³-hybridized carbons (Fsp3) is 0.364. The normalized spacial score (nSPS) is 12.4. The van der Waals surface area contributed by atoms with E-state index in [9.17, 15) is 9.59 Å². The van der Waals surface area contributed by atoms with Crippen molar-refractivity contribution < 1.29 is 18.8 Å². The Bertz CT molecular complexity index is 1070. The number of hydrogen-bond acceptors (Lipinski definition) is 6. The van der Waals surface area contributed by atoms with E-state index in [0.717, 1.165) is 22.4 Å². The number of aryl methyl sites for hydroxylation is 3. The highest BCUT2D eigenvalue weighted by Gasteiger charge is 2.23. The number of fused-ring (bicyclic) bond motifs is 1. The third-order valence-corrected chi connectivity index (χ3v) is 4.90. The van der Waals surface area contributed by atoms with Crippen LogP contribution in [0.25, 0.3) is 11.1 Å². The minimum atomic E-state index is -0.906. The smallest absolute Gasteiger partial charge is 0.340 e. The molecule has 0 aliphatic heterocycles. The summed E-state index contributed by atoms with van der Waals surface area (Å²) in [4.78, 5) is 29.5. The summed E-state index contributed by atoms with van der Waals surface area (Å²) in [6, 6.07) is 5.46. The van der Waals surface area contributed by atoms with Crippen LogP contribution in [0.2, 0.25) is 0 Å². The van der Waals surface area contributed by atoms with E-state index in [1.54, 1.807) is 13.0 Å². The number of ether oxygens (including phenoxy) is 1. The van der Waals surface area contributed by atoms with Gasteiger partial charge in [-0.1, -0.05) is 25.1 Å². The molecule has 146 valence electrons. The molecule has 1 aromatic carbocycles. The van der Waals surface area contributed by atoms with Crippen LogP contribution in [0.1, 0.15) is 69.8 Å². The molecule has 0 aliphatic rings. The Morgan fingerprint density at radius 1 is 1.00 bits per heavy atom. The Hall–Kier alpha value is -3.02. The zero-order valence-electron chi connectivity index (χ0n) is 17.0. The number of benzene rings is 1. The molecule has 0 spiro atoms. The first-order chi connectivity index (χ1) is 13.2. The third kappa shape index (κ3) is 3.67. The molecule has 0 fully saturated rings. The van der Waals surface area contributed by atoms with Gasteiger partial charge in [0.25, 0.3) is 5.71 Å². The Kier molecular flexibility index (Phi) is 5.31. The van der Waals surface area contributed by atoms with Gasteiger partial charge in [-0.2, -0.15) is 0 Å². The number of carbonyl (C=O) groups excluding carboxylic acids is 2. The first-order valence-corrected chi connectivity index (χ1v) is 9.27. The summed E-state index contributed by atoms with van der Waals surface area (Å²) < 4.78 is 10.6. The largest absolute Gasteiger partial charge is 0.451 e. The molecular weight excluding hydrogens is 356 g/mol. The fourth-order valence-corrected chi connectivity index (χ4v) is 3.11. The summed E-state index contributed by atoms with van der Waals surface area (Å²) in [5, 5.41) is 4.68. The average molecular weight is 380 g/mol. The van der Waals surface area contributed by atoms with Crippen LogP contribution in [0.15, 0.2) is 28.9 Å². The SMILES string of the molecule is Cc1cc(C)c(C(=O)C(C)OC(=O)c2cnc3onc(C(C)C)c3c2)cc1C. The number of Topliss-reactive ketones (excluding diaryl/α,β-unsaturated/α-hetero) is 1. The second kappa shape index (κ2) is 7.54. The van der Waals surface area contributed by atoms with Gasteiger partial charge in [0.1, 0.15) is 0 Å². The maximum absolute atomic E-state index is 12.8. The zero-order valence-corrected chi connectivity index (χ0v) is 17.0. The van der Waals surface area contributed by atoms with Crippen molar-refractivity contribution in [1.29, 1.82) is 0 Å². The van der Waals surface area contributed by atoms with E-state index in [0.29, 0.717) is 16.7 Å². The van der Waals surface area contributed by atoms with Crippen molar-refractivity contribution in [2.75, 3.05) is 0 Å². The van der Waals surface area contributed by atoms with Crippen LogP contribution < -0.4 is 0 Å². The highest BCUT2D eigenvalue weighted by atomic mass is 16.5. The van der Waals surface area contributed by atoms with E-state index >= 15 is 0 Å². The van der Waals surface area contributed by atoms with Crippen LogP contribution in [0.3, 0.4) is 0 Å². The molecule has 0 radical (unpaired) electrons. The molecule has 3 rings (SSSR count). The van der Waals surface area contributed by atoms with Crippen molar-refractivity contribution in [1.82, 2.24) is 10.1 Å². The lowest BCUT2D eigenvalue weighted by Gasteiger charge is -2.15. The predicted molar refractivity (Wildman–Crippen MR) is 106 cm³/mol. The summed E-state index contributed by atoms with van der Waals surface area (Å²) >= 11 is 0. The van der Waals surface area contributed by atoms with E-state index in [-0.39, 0.29) is 17.3 Å². The predicted octanol–water partition coefficient (Wildman–Crippen LogP) is 4.70. The fourth-order valence-electron chi connectivity index (χ4n) is 3.11. The highest BCUT2D eigenvalue weighted by Crippen LogP contribution is 2.25. The topological polar surface area (TPSA) is 82.3 Å². The van der Waals surface area contributed by atoms with Crippen LogP contribution in [-0.2, 0) is 4.74 Å². The van der Waals surface area contributed by atoms with Crippen molar-refractivity contribution in [3.05, 3.63) is 57.9 Å². The van der Waals surface area contributed by atoms with E-state index in [1.165, 1.54) is 6.20 Å². The summed E-state index contributed by atoms with van der Waals surface area (Å²) in [6.45, 7) is 11.4. The van der Waals surface area contributed by atoms with Crippen LogP contribution in [0.5, 0.6) is 0 Å². The van der Waals surface area contributed by atoms with Crippen molar-refractivity contribution in [3.8, 4) is 0 Å². The van der Waals surface area contributed by atoms with Crippen LogP contribution in [0.4, 0.5) is 0 Å². The number of rotatable bonds is 5. The number of carbonyl (C=O) groups is 2. The molecular formula is C22H24N2O4. The molecule has 2 aromatic heterocycles. The monoisotopic (exact) mass is 380 g/mol. The van der Waals surface area contributed by atoms with Crippen LogP contribution in [0, 0.1) is 20.8 Å². The number of ketones is 1. The van der Waals surface area contributed by atoms with Gasteiger partial charge in [0.05, 0.1) is 16.6 Å². The van der Waals surface area contributed by atoms with Gasteiger partial charge in [0.2, 0.25) is 5.78 Å². The minimum absolute atomic E-state index is 0.127. The molecule has 28 heavy (non-hydrogen) atoms. The summed E-state index contributed by atoms with van der Waals surface area (Å²) in [6.07, 6.45) is 0.467. The van der Waals surface area contributed by atoms with Gasteiger partial charge in [-0.15, -0.1) is 0 Å². The zero-order chi connectivity index (χ0) is 20.6. The molecule has 6 heteroatoms. The molecule has 1 atom stereocenters. The first kappa shape index (κ1) is 19.7. The van der Waals surface area contributed by atoms with Crippen molar-refractivity contribution in [2.45, 2.75) is 53.6 Å². The first-order valence-electron chi connectivity index (χ1n) is 9.27. The maximum Gasteiger partial charge on any atom is 0.340 e. The Morgan fingerprint density at radius 3 is 2.36 bits per heavy atom. The second-order valence-electron chi connectivity index (χ2n) is 7.46. The van der Waals surface area contributed by atoms with Gasteiger partial charge < -0.3 is 9.26 Å². The summed E-state index contributed by atoms with van der Waals surface area (Å²) in [5.41, 5.74) is 4.93. The minimum Gasteiger partial charge on any atom is -0.451 e. The van der Waals surface area contributed by atoms with Gasteiger partial charge in [-0.05, 0) is 62.4 Å². The van der Waals surface area contributed by atoms with Crippen molar-refractivity contribution in [3.63, 3.8) is 0 Å². The quantitative estimate of drug-likeness (QED) is 0.471. The number of pyridine rings is 1. The van der Waals surface area contributed by atoms with Crippen molar-refractivity contribution >= 4 is 22.9 Å². The van der Waals surface area contributed by atoms with Crippen LogP contribution >= 0.6 is 0 Å². The molecule has 1 unspecified atom stereocenters. The highest BCUT2D eigenvalue weighted by molar-refractivity contribution is 6.03. The molecule has 0 aliphatic carbocycles. The van der Waals surface area contributed by atoms with Gasteiger partial charge in [0, 0.05) is 11.8 Å². The molecule has 0 amide bonds. The Balaban J connectivity index is 1.82. The molecule has 0 bridgehead atoms. The number of nitrogens with zero attached hydrogens (tertiary/aromatic N) is 2. The third-order valence-electron chi connectivity index (χ3n) is 4.90. The molecule has 0 saturated carbocycles.